The van der Waals surface area contributed by atoms with E-state index in [1.807, 2.05) is 19.1 Å². The van der Waals surface area contributed by atoms with Gasteiger partial charge in [0.2, 0.25) is 0 Å². The van der Waals surface area contributed by atoms with Gasteiger partial charge in [-0.15, -0.1) is 0 Å². The van der Waals surface area contributed by atoms with Crippen molar-refractivity contribution in [1.29, 1.82) is 0 Å². The summed E-state index contributed by atoms with van der Waals surface area (Å²) in [4.78, 5) is 11.6. The van der Waals surface area contributed by atoms with Crippen LogP contribution >= 0.6 is 0 Å². The number of aryl methyl sites for hydroxylation is 1. The Morgan fingerprint density at radius 1 is 1.40 bits per heavy atom. The van der Waals surface area contributed by atoms with E-state index in [1.165, 1.54) is 26.4 Å². The van der Waals surface area contributed by atoms with Crippen molar-refractivity contribution in [1.82, 2.24) is 0 Å². The number of ether oxygens (including phenoxy) is 1. The molecule has 0 heterocycles. The van der Waals surface area contributed by atoms with Crippen LogP contribution in [0.3, 0.4) is 0 Å². The fourth-order valence-electron chi connectivity index (χ4n) is 2.90. The molecule has 20 heavy (non-hydrogen) atoms. The minimum Gasteiger partial charge on any atom is -0.465 e. The van der Waals surface area contributed by atoms with Gasteiger partial charge in [-0.3, -0.25) is 0 Å². The molecular formula is C16H24N2O2. The van der Waals surface area contributed by atoms with Crippen molar-refractivity contribution in [3.8, 4) is 0 Å². The molecule has 0 saturated heterocycles. The molecule has 4 heteroatoms. The summed E-state index contributed by atoms with van der Waals surface area (Å²) in [6, 6.07) is 6.03. The molecule has 1 aromatic rings. The average Bonchev–Trinajstić information content (AvgIpc) is 2.49. The normalized spacial score (nSPS) is 22.4. The molecule has 4 nitrogen and oxygen atoms in total. The molecule has 0 radical (unpaired) electrons. The number of rotatable bonds is 4. The minimum absolute atomic E-state index is 0.299. The van der Waals surface area contributed by atoms with Gasteiger partial charge in [0.05, 0.1) is 12.7 Å². The number of anilines is 1. The lowest BCUT2D eigenvalue weighted by atomic mass is 9.84. The molecule has 1 fully saturated rings. The predicted molar refractivity (Wildman–Crippen MR) is 80.9 cm³/mol. The Kier molecular flexibility index (Phi) is 5.01. The summed E-state index contributed by atoms with van der Waals surface area (Å²) in [7, 11) is 1.40. The number of methoxy groups -OCH3 is 1. The number of benzene rings is 1. The Morgan fingerprint density at radius 2 is 2.15 bits per heavy atom. The number of carbonyl (C=O) groups excluding carboxylic acids is 1. The molecule has 110 valence electrons. The lowest BCUT2D eigenvalue weighted by molar-refractivity contribution is 0.0601. The van der Waals surface area contributed by atoms with E-state index in [0.717, 1.165) is 17.7 Å². The van der Waals surface area contributed by atoms with Gasteiger partial charge >= 0.3 is 5.97 Å². The van der Waals surface area contributed by atoms with Crippen molar-refractivity contribution in [2.75, 3.05) is 19.0 Å². The summed E-state index contributed by atoms with van der Waals surface area (Å²) in [5.74, 6) is 0.219. The summed E-state index contributed by atoms with van der Waals surface area (Å²) in [6.07, 6.45) is 4.83. The highest BCUT2D eigenvalue weighted by Crippen LogP contribution is 2.28. The molecule has 0 aromatic heterocycles. The monoisotopic (exact) mass is 276 g/mol. The maximum Gasteiger partial charge on any atom is 0.337 e. The molecule has 1 saturated carbocycles. The number of nitrogens with one attached hydrogen (secondary N) is 1. The van der Waals surface area contributed by atoms with Crippen LogP contribution in [-0.2, 0) is 4.74 Å². The smallest absolute Gasteiger partial charge is 0.337 e. The highest BCUT2D eigenvalue weighted by atomic mass is 16.5. The number of carbonyl (C=O) groups is 1. The molecule has 2 atom stereocenters. The first-order valence-corrected chi connectivity index (χ1v) is 7.31. The van der Waals surface area contributed by atoms with Crippen LogP contribution in [0, 0.1) is 12.8 Å². The predicted octanol–water partition coefficient (Wildman–Crippen LogP) is 2.71. The molecule has 2 unspecified atom stereocenters. The Balaban J connectivity index is 2.17. The van der Waals surface area contributed by atoms with Gasteiger partial charge in [-0.1, -0.05) is 18.9 Å². The van der Waals surface area contributed by atoms with Crippen molar-refractivity contribution in [3.63, 3.8) is 0 Å². The number of esters is 1. The second-order valence-corrected chi connectivity index (χ2v) is 5.55. The summed E-state index contributed by atoms with van der Waals surface area (Å²) in [5, 5.41) is 3.58. The molecule has 0 amide bonds. The molecule has 0 bridgehead atoms. The van der Waals surface area contributed by atoms with Gasteiger partial charge in [-0.2, -0.15) is 0 Å². The van der Waals surface area contributed by atoms with Gasteiger partial charge in [0.25, 0.3) is 0 Å². The average molecular weight is 276 g/mol. The van der Waals surface area contributed by atoms with E-state index in [1.54, 1.807) is 6.07 Å². The molecular weight excluding hydrogens is 252 g/mol. The van der Waals surface area contributed by atoms with Crippen molar-refractivity contribution >= 4 is 11.7 Å². The van der Waals surface area contributed by atoms with E-state index in [9.17, 15) is 4.79 Å². The highest BCUT2D eigenvalue weighted by Gasteiger charge is 2.24. The largest absolute Gasteiger partial charge is 0.465 e. The SMILES string of the molecule is COC(=O)c1ccc(C)c(NC2CCCCC2CN)c1. The van der Waals surface area contributed by atoms with Crippen LogP contribution in [0.5, 0.6) is 0 Å². The molecule has 0 spiro atoms. The number of hydrogen-bond acceptors (Lipinski definition) is 4. The first-order valence-electron chi connectivity index (χ1n) is 7.31. The molecule has 1 aromatic carbocycles. The third-order valence-corrected chi connectivity index (χ3v) is 4.21. The molecule has 1 aliphatic rings. The van der Waals surface area contributed by atoms with E-state index in [0.29, 0.717) is 24.1 Å². The lowest BCUT2D eigenvalue weighted by Crippen LogP contribution is -2.36. The minimum atomic E-state index is -0.299. The topological polar surface area (TPSA) is 64.3 Å². The summed E-state index contributed by atoms with van der Waals surface area (Å²) in [6.45, 7) is 2.76. The molecule has 2 rings (SSSR count). The van der Waals surface area contributed by atoms with Crippen LogP contribution in [0.1, 0.15) is 41.6 Å². The molecule has 0 aliphatic heterocycles. The van der Waals surface area contributed by atoms with Crippen molar-refractivity contribution < 1.29 is 9.53 Å². The first kappa shape index (κ1) is 14.9. The fraction of sp³-hybridized carbons (Fsp3) is 0.562. The highest BCUT2D eigenvalue weighted by molar-refractivity contribution is 5.90. The van der Waals surface area contributed by atoms with E-state index in [4.69, 9.17) is 10.5 Å². The Morgan fingerprint density at radius 3 is 2.85 bits per heavy atom. The Hall–Kier alpha value is -1.55. The standard InChI is InChI=1S/C16H24N2O2/c1-11-7-8-12(16(19)20-2)9-15(11)18-14-6-4-3-5-13(14)10-17/h7-9,13-14,18H,3-6,10,17H2,1-2H3. The van der Waals surface area contributed by atoms with Crippen LogP contribution < -0.4 is 11.1 Å². The van der Waals surface area contributed by atoms with Crippen molar-refractivity contribution in [2.24, 2.45) is 11.7 Å². The zero-order valence-electron chi connectivity index (χ0n) is 12.3. The van der Waals surface area contributed by atoms with Gasteiger partial charge < -0.3 is 15.8 Å². The quantitative estimate of drug-likeness (QED) is 0.830. The van der Waals surface area contributed by atoms with Crippen LogP contribution in [0.15, 0.2) is 18.2 Å². The summed E-state index contributed by atoms with van der Waals surface area (Å²) < 4.78 is 4.78. The van der Waals surface area contributed by atoms with Crippen molar-refractivity contribution in [3.05, 3.63) is 29.3 Å². The zero-order valence-corrected chi connectivity index (χ0v) is 12.3. The Labute approximate surface area is 120 Å². The van der Waals surface area contributed by atoms with Crippen LogP contribution in [0.25, 0.3) is 0 Å². The maximum absolute atomic E-state index is 11.6. The Bertz CT molecular complexity index is 474. The fourth-order valence-corrected chi connectivity index (χ4v) is 2.90. The van der Waals surface area contributed by atoms with Crippen LogP contribution in [0.4, 0.5) is 5.69 Å². The van der Waals surface area contributed by atoms with Gasteiger partial charge in [0.1, 0.15) is 0 Å². The summed E-state index contributed by atoms with van der Waals surface area (Å²) in [5.41, 5.74) is 8.61. The van der Waals surface area contributed by atoms with E-state index in [2.05, 4.69) is 5.32 Å². The van der Waals surface area contributed by atoms with E-state index < -0.39 is 0 Å². The number of nitrogens with two attached hydrogens (primary N) is 1. The second kappa shape index (κ2) is 6.75. The van der Waals surface area contributed by atoms with Crippen LogP contribution in [0.2, 0.25) is 0 Å². The van der Waals surface area contributed by atoms with Gasteiger partial charge in [0.15, 0.2) is 0 Å². The van der Waals surface area contributed by atoms with Crippen LogP contribution in [-0.4, -0.2) is 25.7 Å². The molecule has 3 N–H and O–H groups in total. The van der Waals surface area contributed by atoms with Gasteiger partial charge in [-0.25, -0.2) is 4.79 Å². The lowest BCUT2D eigenvalue weighted by Gasteiger charge is -2.32. The maximum atomic E-state index is 11.6. The second-order valence-electron chi connectivity index (χ2n) is 5.55. The van der Waals surface area contributed by atoms with E-state index >= 15 is 0 Å². The summed E-state index contributed by atoms with van der Waals surface area (Å²) >= 11 is 0. The van der Waals surface area contributed by atoms with Crippen molar-refractivity contribution in [2.45, 2.75) is 38.6 Å². The zero-order chi connectivity index (χ0) is 14.5. The van der Waals surface area contributed by atoms with Gasteiger partial charge in [0, 0.05) is 11.7 Å². The first-order chi connectivity index (χ1) is 9.65. The van der Waals surface area contributed by atoms with Gasteiger partial charge in [-0.05, 0) is 49.9 Å². The third kappa shape index (κ3) is 3.31. The molecule has 1 aliphatic carbocycles. The third-order valence-electron chi connectivity index (χ3n) is 4.21. The van der Waals surface area contributed by atoms with E-state index in [-0.39, 0.29) is 5.97 Å². The number of hydrogen-bond donors (Lipinski definition) is 2.